The highest BCUT2D eigenvalue weighted by Gasteiger charge is 2.04. The maximum Gasteiger partial charge on any atom is -0.0385 e. The first-order valence-corrected chi connectivity index (χ1v) is 10.2. The standard InChI is InChI=1S/4C6H14.4CH4/c4*1-5-6(2,3)4;;;;/h4*5H2,1-4H3;4*1H4. The summed E-state index contributed by atoms with van der Waals surface area (Å²) >= 11 is 0. The van der Waals surface area contributed by atoms with Crippen LogP contribution in [0.2, 0.25) is 0 Å². The smallest absolute Gasteiger partial charge is 0.0385 e. The molecule has 0 aromatic heterocycles. The minimum absolute atomic E-state index is 0. The Morgan fingerprint density at radius 3 is 0.321 bits per heavy atom. The molecule has 0 aliphatic carbocycles. The molecule has 184 valence electrons. The van der Waals surface area contributed by atoms with Crippen LogP contribution in [0.1, 0.15) is 166 Å². The van der Waals surface area contributed by atoms with E-state index < -0.39 is 0 Å². The number of hydrogen-bond acceptors (Lipinski definition) is 0. The summed E-state index contributed by atoms with van der Waals surface area (Å²) in [6, 6.07) is 0. The monoisotopic (exact) mass is 409 g/mol. The van der Waals surface area contributed by atoms with E-state index in [1.165, 1.54) is 25.7 Å². The topological polar surface area (TPSA) is 0 Å². The molecule has 0 amide bonds. The van der Waals surface area contributed by atoms with Gasteiger partial charge >= 0.3 is 0 Å². The molecule has 0 atom stereocenters. The van der Waals surface area contributed by atoms with Gasteiger partial charge in [-0.25, -0.2) is 0 Å². The first-order chi connectivity index (χ1) is 10.2. The summed E-state index contributed by atoms with van der Waals surface area (Å²) < 4.78 is 0. The van der Waals surface area contributed by atoms with Crippen molar-refractivity contribution in [2.24, 2.45) is 21.7 Å². The van der Waals surface area contributed by atoms with Crippen molar-refractivity contribution < 1.29 is 0 Å². The summed E-state index contributed by atoms with van der Waals surface area (Å²) in [5, 5.41) is 0. The van der Waals surface area contributed by atoms with Crippen LogP contribution in [0.15, 0.2) is 0 Å². The lowest BCUT2D eigenvalue weighted by atomic mass is 9.94. The molecule has 0 aromatic carbocycles. The van der Waals surface area contributed by atoms with E-state index in [2.05, 4.69) is 111 Å². The highest BCUT2D eigenvalue weighted by molar-refractivity contribution is 4.56. The molecule has 0 aliphatic rings. The SMILES string of the molecule is C.C.C.C.CCC(C)(C)C.CCC(C)(C)C.CCC(C)(C)C.CCC(C)(C)C. The predicted octanol–water partition coefficient (Wildman–Crippen LogP) is 12.3. The third-order valence-corrected chi connectivity index (χ3v) is 4.24. The van der Waals surface area contributed by atoms with Gasteiger partial charge in [0.25, 0.3) is 0 Å². The van der Waals surface area contributed by atoms with Crippen molar-refractivity contribution >= 4 is 0 Å². The third kappa shape index (κ3) is 113. The number of hydrogen-bond donors (Lipinski definition) is 0. The van der Waals surface area contributed by atoms with Gasteiger partial charge in [0, 0.05) is 0 Å². The average molecular weight is 409 g/mol. The van der Waals surface area contributed by atoms with Crippen LogP contribution in [0.3, 0.4) is 0 Å². The molecule has 0 unspecified atom stereocenters. The van der Waals surface area contributed by atoms with E-state index >= 15 is 0 Å². The van der Waals surface area contributed by atoms with Gasteiger partial charge in [0.2, 0.25) is 0 Å². The molecule has 0 radical (unpaired) electrons. The van der Waals surface area contributed by atoms with Crippen LogP contribution in [-0.2, 0) is 0 Å². The van der Waals surface area contributed by atoms with Crippen molar-refractivity contribution in [3.8, 4) is 0 Å². The van der Waals surface area contributed by atoms with Gasteiger partial charge in [0.15, 0.2) is 0 Å². The summed E-state index contributed by atoms with van der Waals surface area (Å²) in [5.41, 5.74) is 2.17. The molecule has 0 aromatic rings. The molecule has 0 nitrogen and oxygen atoms in total. The van der Waals surface area contributed by atoms with E-state index in [4.69, 9.17) is 0 Å². The Morgan fingerprint density at radius 1 is 0.286 bits per heavy atom. The quantitative estimate of drug-likeness (QED) is 0.373. The Bertz CT molecular complexity index is 175. The second kappa shape index (κ2) is 23.3. The van der Waals surface area contributed by atoms with Crippen molar-refractivity contribution in [3.63, 3.8) is 0 Å². The molecular formula is C28H72. The highest BCUT2D eigenvalue weighted by atomic mass is 14.1. The molecule has 0 fully saturated rings. The van der Waals surface area contributed by atoms with Gasteiger partial charge in [-0.15, -0.1) is 0 Å². The van der Waals surface area contributed by atoms with Crippen LogP contribution in [0.4, 0.5) is 0 Å². The zero-order chi connectivity index (χ0) is 20.8. The Labute approximate surface area is 188 Å². The first kappa shape index (κ1) is 51.0. The van der Waals surface area contributed by atoms with Crippen molar-refractivity contribution in [1.29, 1.82) is 0 Å². The van der Waals surface area contributed by atoms with Crippen LogP contribution in [0.25, 0.3) is 0 Å². The van der Waals surface area contributed by atoms with Crippen LogP contribution in [0, 0.1) is 21.7 Å². The highest BCUT2D eigenvalue weighted by Crippen LogP contribution is 2.17. The van der Waals surface area contributed by atoms with Gasteiger partial charge in [-0.1, -0.05) is 166 Å². The lowest BCUT2D eigenvalue weighted by Crippen LogP contribution is -2.00. The maximum atomic E-state index is 2.24. The molecule has 0 bridgehead atoms. The fourth-order valence-electron chi connectivity index (χ4n) is 0. The van der Waals surface area contributed by atoms with E-state index in [0.29, 0.717) is 21.7 Å². The van der Waals surface area contributed by atoms with Crippen LogP contribution in [0.5, 0.6) is 0 Å². The molecule has 0 heteroatoms. The molecule has 0 spiro atoms. The van der Waals surface area contributed by atoms with Gasteiger partial charge in [-0.3, -0.25) is 0 Å². The van der Waals surface area contributed by atoms with Gasteiger partial charge in [0.1, 0.15) is 0 Å². The van der Waals surface area contributed by atoms with Crippen LogP contribution >= 0.6 is 0 Å². The average Bonchev–Trinajstić information content (AvgIpc) is 2.37. The van der Waals surface area contributed by atoms with Gasteiger partial charge < -0.3 is 0 Å². The van der Waals surface area contributed by atoms with E-state index in [9.17, 15) is 0 Å². The number of rotatable bonds is 0. The normalized spacial score (nSPS) is 10.3. The van der Waals surface area contributed by atoms with Crippen molar-refractivity contribution in [3.05, 3.63) is 0 Å². The van der Waals surface area contributed by atoms with Gasteiger partial charge in [-0.05, 0) is 21.7 Å². The van der Waals surface area contributed by atoms with E-state index in [0.717, 1.165) is 0 Å². The zero-order valence-corrected chi connectivity index (χ0v) is 20.8. The maximum absolute atomic E-state index is 2.24. The first-order valence-electron chi connectivity index (χ1n) is 10.2. The summed E-state index contributed by atoms with van der Waals surface area (Å²) in [6.07, 6.45) is 5.08. The van der Waals surface area contributed by atoms with E-state index in [1.807, 2.05) is 0 Å². The summed E-state index contributed by atoms with van der Waals surface area (Å²) in [6.45, 7) is 35.8. The lowest BCUT2D eigenvalue weighted by molar-refractivity contribution is 0.397. The largest absolute Gasteiger partial charge is 0.0776 e. The Balaban J connectivity index is -0.0000000303. The van der Waals surface area contributed by atoms with Crippen molar-refractivity contribution in [2.45, 2.75) is 166 Å². The van der Waals surface area contributed by atoms with Crippen molar-refractivity contribution in [2.75, 3.05) is 0 Å². The molecule has 0 aliphatic heterocycles. The molecule has 28 heavy (non-hydrogen) atoms. The van der Waals surface area contributed by atoms with Gasteiger partial charge in [0.05, 0.1) is 0 Å². The minimum Gasteiger partial charge on any atom is -0.0776 e. The molecule has 0 saturated heterocycles. The van der Waals surface area contributed by atoms with E-state index in [1.54, 1.807) is 0 Å². The van der Waals surface area contributed by atoms with Gasteiger partial charge in [-0.2, -0.15) is 0 Å². The Morgan fingerprint density at radius 2 is 0.321 bits per heavy atom. The lowest BCUT2D eigenvalue weighted by Gasteiger charge is -2.12. The van der Waals surface area contributed by atoms with E-state index in [-0.39, 0.29) is 29.7 Å². The fraction of sp³-hybridized carbons (Fsp3) is 1.00. The summed E-state index contributed by atoms with van der Waals surface area (Å²) in [5.74, 6) is 0. The third-order valence-electron chi connectivity index (χ3n) is 4.24. The van der Waals surface area contributed by atoms with Crippen LogP contribution < -0.4 is 0 Å². The second-order valence-corrected chi connectivity index (χ2v) is 11.7. The molecular weight excluding hydrogens is 336 g/mol. The Kier molecular flexibility index (Phi) is 42.4. The Hall–Kier alpha value is 0. The van der Waals surface area contributed by atoms with Crippen molar-refractivity contribution in [1.82, 2.24) is 0 Å². The summed E-state index contributed by atoms with van der Waals surface area (Å²) in [7, 11) is 0. The fourth-order valence-corrected chi connectivity index (χ4v) is 0. The zero-order valence-electron chi connectivity index (χ0n) is 20.8. The molecule has 0 saturated carbocycles. The molecule has 0 N–H and O–H groups in total. The molecule has 0 rings (SSSR count). The summed E-state index contributed by atoms with van der Waals surface area (Å²) in [4.78, 5) is 0. The minimum atomic E-state index is 0. The second-order valence-electron chi connectivity index (χ2n) is 11.7. The molecule has 0 heterocycles. The van der Waals surface area contributed by atoms with Crippen LogP contribution in [-0.4, -0.2) is 0 Å². The predicted molar refractivity (Wildman–Crippen MR) is 146 cm³/mol.